The average Bonchev–Trinajstić information content (AvgIpc) is 2.35. The molecule has 0 amide bonds. The van der Waals surface area contributed by atoms with Crippen LogP contribution < -0.4 is 15.7 Å². The fourth-order valence-electron chi connectivity index (χ4n) is 0.988. The molecule has 1 heterocycles. The van der Waals surface area contributed by atoms with E-state index in [4.69, 9.17) is 10.7 Å². The first-order valence-electron chi connectivity index (χ1n) is 4.93. The first kappa shape index (κ1) is 13.3. The van der Waals surface area contributed by atoms with Gasteiger partial charge in [-0.25, -0.2) is 9.35 Å². The van der Waals surface area contributed by atoms with Gasteiger partial charge in [-0.1, -0.05) is 5.92 Å². The molecule has 0 aliphatic carbocycles. The highest BCUT2D eigenvalue weighted by Gasteiger charge is 2.09. The van der Waals surface area contributed by atoms with Crippen LogP contribution in [-0.2, 0) is 4.28 Å². The molecule has 7 nitrogen and oxygen atoms in total. The molecule has 17 heavy (non-hydrogen) atoms. The third-order valence-corrected chi connectivity index (χ3v) is 1.96. The molecule has 1 aromatic rings. The summed E-state index contributed by atoms with van der Waals surface area (Å²) in [6, 6.07) is 0. The molecular formula is C9H14N6OS. The number of hydrogen-bond donors (Lipinski definition) is 3. The van der Waals surface area contributed by atoms with Gasteiger partial charge in [-0.05, 0) is 6.92 Å². The Balaban J connectivity index is 2.96. The Morgan fingerprint density at radius 1 is 1.35 bits per heavy atom. The number of anilines is 3. The first-order valence-corrected chi connectivity index (χ1v) is 5.30. The van der Waals surface area contributed by atoms with E-state index < -0.39 is 0 Å². The summed E-state index contributed by atoms with van der Waals surface area (Å²) in [7, 11) is 1.63. The molecule has 8 heteroatoms. The van der Waals surface area contributed by atoms with Crippen LogP contribution in [0.1, 0.15) is 6.92 Å². The van der Waals surface area contributed by atoms with Gasteiger partial charge in [0.05, 0.1) is 6.54 Å². The van der Waals surface area contributed by atoms with Crippen molar-refractivity contribution in [1.82, 2.24) is 15.0 Å². The highest BCUT2D eigenvalue weighted by molar-refractivity contribution is 7.75. The molecule has 0 spiro atoms. The third-order valence-electron chi connectivity index (χ3n) is 1.71. The summed E-state index contributed by atoms with van der Waals surface area (Å²) in [6.07, 6.45) is 5.15. The van der Waals surface area contributed by atoms with Crippen molar-refractivity contribution >= 4 is 30.8 Å². The van der Waals surface area contributed by atoms with Crippen LogP contribution in [-0.4, -0.2) is 35.1 Å². The monoisotopic (exact) mass is 254 g/mol. The number of thiol groups is 1. The van der Waals surface area contributed by atoms with Gasteiger partial charge in [0.1, 0.15) is 0 Å². The minimum absolute atomic E-state index is 0.325. The summed E-state index contributed by atoms with van der Waals surface area (Å²) in [5.74, 6) is 3.58. The van der Waals surface area contributed by atoms with E-state index in [9.17, 15) is 0 Å². The van der Waals surface area contributed by atoms with Gasteiger partial charge < -0.3 is 10.6 Å². The normalized spacial score (nSPS) is 9.53. The number of hydroxylamine groups is 1. The topological polar surface area (TPSA) is 75.2 Å². The maximum atomic E-state index is 5.15. The smallest absolute Gasteiger partial charge is 0.257 e. The lowest BCUT2D eigenvalue weighted by molar-refractivity contribution is 0.358. The molecule has 0 radical (unpaired) electrons. The summed E-state index contributed by atoms with van der Waals surface area (Å²) < 4.78 is 4.71. The number of terminal acetylenes is 1. The fraction of sp³-hybridized carbons (Fsp3) is 0.444. The molecule has 0 aliphatic heterocycles. The second kappa shape index (κ2) is 6.78. The van der Waals surface area contributed by atoms with E-state index in [1.165, 1.54) is 5.06 Å². The largest absolute Gasteiger partial charge is 0.354 e. The molecule has 1 aromatic heterocycles. The van der Waals surface area contributed by atoms with Gasteiger partial charge in [-0.2, -0.15) is 15.0 Å². The predicted octanol–water partition coefficient (Wildman–Crippen LogP) is 0.561. The van der Waals surface area contributed by atoms with Crippen LogP contribution in [0.25, 0.3) is 0 Å². The van der Waals surface area contributed by atoms with E-state index in [2.05, 4.69) is 44.4 Å². The van der Waals surface area contributed by atoms with Crippen molar-refractivity contribution in [1.29, 1.82) is 0 Å². The zero-order chi connectivity index (χ0) is 12.7. The van der Waals surface area contributed by atoms with Crippen molar-refractivity contribution < 1.29 is 4.28 Å². The molecule has 0 saturated carbocycles. The molecule has 0 aliphatic rings. The Kier molecular flexibility index (Phi) is 5.32. The number of nitrogens with zero attached hydrogens (tertiary/aromatic N) is 4. The van der Waals surface area contributed by atoms with E-state index in [1.54, 1.807) is 7.05 Å². The van der Waals surface area contributed by atoms with E-state index in [-0.39, 0.29) is 0 Å². The summed E-state index contributed by atoms with van der Waals surface area (Å²) in [5.41, 5.74) is 0. The van der Waals surface area contributed by atoms with Crippen LogP contribution in [0.3, 0.4) is 0 Å². The molecule has 0 bridgehead atoms. The van der Waals surface area contributed by atoms with E-state index in [1.807, 2.05) is 6.92 Å². The second-order valence-electron chi connectivity index (χ2n) is 2.95. The highest BCUT2D eigenvalue weighted by atomic mass is 32.1. The minimum atomic E-state index is 0.325. The lowest BCUT2D eigenvalue weighted by atomic mass is 10.6. The standard InChI is InChI=1S/C9H14N6OS/c1-4-6-11-8-12-7(10-5-2)13-9(14-8)15(3)16-17/h1,17H,5-6H2,2-3H3,(H2,10,11,12,13,14). The maximum absolute atomic E-state index is 5.15. The lowest BCUT2D eigenvalue weighted by Gasteiger charge is -2.14. The third kappa shape index (κ3) is 3.97. The van der Waals surface area contributed by atoms with Gasteiger partial charge in [0.2, 0.25) is 11.9 Å². The Labute approximate surface area is 106 Å². The second-order valence-corrected chi connectivity index (χ2v) is 3.11. The van der Waals surface area contributed by atoms with Gasteiger partial charge in [0.15, 0.2) is 0 Å². The molecule has 2 N–H and O–H groups in total. The van der Waals surface area contributed by atoms with Crippen LogP contribution in [0.4, 0.5) is 17.8 Å². The summed E-state index contributed by atoms with van der Waals surface area (Å²) >= 11 is 3.67. The van der Waals surface area contributed by atoms with Gasteiger partial charge in [-0.15, -0.1) is 6.42 Å². The Morgan fingerprint density at radius 3 is 2.53 bits per heavy atom. The van der Waals surface area contributed by atoms with Crippen LogP contribution in [0.5, 0.6) is 0 Å². The van der Waals surface area contributed by atoms with Crippen molar-refractivity contribution in [2.24, 2.45) is 0 Å². The van der Waals surface area contributed by atoms with E-state index in [0.717, 1.165) is 0 Å². The zero-order valence-corrected chi connectivity index (χ0v) is 10.5. The van der Waals surface area contributed by atoms with Crippen molar-refractivity contribution in [3.8, 4) is 12.3 Å². The molecule has 0 atom stereocenters. The van der Waals surface area contributed by atoms with E-state index >= 15 is 0 Å². The quantitative estimate of drug-likeness (QED) is 0.296. The lowest BCUT2D eigenvalue weighted by Crippen LogP contribution is -2.19. The Bertz CT molecular complexity index is 407. The molecule has 1 rings (SSSR count). The van der Waals surface area contributed by atoms with Gasteiger partial charge in [0.25, 0.3) is 5.95 Å². The molecule has 0 fully saturated rings. The van der Waals surface area contributed by atoms with Gasteiger partial charge in [-0.3, -0.25) is 0 Å². The number of hydrogen-bond acceptors (Lipinski definition) is 8. The highest BCUT2D eigenvalue weighted by Crippen LogP contribution is 2.12. The SMILES string of the molecule is C#CCNc1nc(NCC)nc(N(C)OS)n1. The molecule has 0 unspecified atom stereocenters. The number of aromatic nitrogens is 3. The Hall–Kier alpha value is -1.72. The molecule has 92 valence electrons. The Morgan fingerprint density at radius 2 is 2.00 bits per heavy atom. The van der Waals surface area contributed by atoms with Crippen LogP contribution in [0, 0.1) is 12.3 Å². The maximum Gasteiger partial charge on any atom is 0.257 e. The zero-order valence-electron chi connectivity index (χ0n) is 9.64. The minimum Gasteiger partial charge on any atom is -0.354 e. The van der Waals surface area contributed by atoms with Gasteiger partial charge in [0, 0.05) is 26.5 Å². The average molecular weight is 254 g/mol. The van der Waals surface area contributed by atoms with Crippen LogP contribution >= 0.6 is 12.9 Å². The number of rotatable bonds is 6. The van der Waals surface area contributed by atoms with Gasteiger partial charge >= 0.3 is 0 Å². The summed E-state index contributed by atoms with van der Waals surface area (Å²) in [6.45, 7) is 2.97. The van der Waals surface area contributed by atoms with Crippen LogP contribution in [0.15, 0.2) is 0 Å². The molecular weight excluding hydrogens is 240 g/mol. The molecule has 0 saturated heterocycles. The van der Waals surface area contributed by atoms with Crippen molar-refractivity contribution in [2.75, 3.05) is 35.8 Å². The van der Waals surface area contributed by atoms with E-state index in [0.29, 0.717) is 30.9 Å². The number of nitrogens with one attached hydrogen (secondary N) is 2. The summed E-state index contributed by atoms with van der Waals surface area (Å²) in [4.78, 5) is 12.4. The molecule has 0 aromatic carbocycles. The summed E-state index contributed by atoms with van der Waals surface area (Å²) in [5, 5.41) is 7.15. The van der Waals surface area contributed by atoms with Crippen molar-refractivity contribution in [2.45, 2.75) is 6.92 Å². The predicted molar refractivity (Wildman–Crippen MR) is 69.8 cm³/mol. The van der Waals surface area contributed by atoms with Crippen LogP contribution in [0.2, 0.25) is 0 Å². The van der Waals surface area contributed by atoms with Crippen molar-refractivity contribution in [3.63, 3.8) is 0 Å². The fourth-order valence-corrected chi connectivity index (χ4v) is 1.06. The first-order chi connectivity index (χ1) is 8.21. The van der Waals surface area contributed by atoms with Crippen molar-refractivity contribution in [3.05, 3.63) is 0 Å².